The highest BCUT2D eigenvalue weighted by Crippen LogP contribution is 2.22. The molecule has 7 heteroatoms. The lowest BCUT2D eigenvalue weighted by molar-refractivity contribution is -0.116. The van der Waals surface area contributed by atoms with Crippen molar-refractivity contribution in [1.82, 2.24) is 5.32 Å². The van der Waals surface area contributed by atoms with Crippen molar-refractivity contribution in [2.45, 2.75) is 26.3 Å². The Balaban J connectivity index is 1.97. The number of anilines is 1. The van der Waals surface area contributed by atoms with Crippen molar-refractivity contribution in [2.24, 2.45) is 0 Å². The van der Waals surface area contributed by atoms with Crippen LogP contribution in [0.1, 0.15) is 30.6 Å². The fourth-order valence-corrected chi connectivity index (χ4v) is 2.54. The van der Waals surface area contributed by atoms with Crippen molar-refractivity contribution in [2.75, 3.05) is 11.9 Å². The molecule has 0 heterocycles. The Morgan fingerprint density at radius 3 is 2.50 bits per heavy atom. The van der Waals surface area contributed by atoms with Crippen LogP contribution in [0.2, 0.25) is 10.0 Å². The van der Waals surface area contributed by atoms with Crippen molar-refractivity contribution in [1.29, 1.82) is 0 Å². The van der Waals surface area contributed by atoms with Gasteiger partial charge in [0.2, 0.25) is 5.91 Å². The summed E-state index contributed by atoms with van der Waals surface area (Å²) in [5.74, 6) is 0.0279. The van der Waals surface area contributed by atoms with E-state index in [1.807, 2.05) is 13.8 Å². The number of rotatable bonds is 7. The predicted octanol–water partition coefficient (Wildman–Crippen LogP) is 4.54. The number of hydrogen-bond donors (Lipinski definition) is 2. The van der Waals surface area contributed by atoms with E-state index in [4.69, 9.17) is 27.9 Å². The number of ether oxygens (including phenoxy) is 1. The second-order valence-electron chi connectivity index (χ2n) is 5.92. The maximum atomic E-state index is 12.3. The van der Waals surface area contributed by atoms with Crippen LogP contribution in [0.3, 0.4) is 0 Å². The molecule has 0 atom stereocenters. The molecule has 0 bridgehead atoms. The van der Waals surface area contributed by atoms with Gasteiger partial charge in [-0.15, -0.1) is 0 Å². The summed E-state index contributed by atoms with van der Waals surface area (Å²) < 4.78 is 5.50. The lowest BCUT2D eigenvalue weighted by Gasteiger charge is -2.14. The minimum Gasteiger partial charge on any atom is -0.493 e. The lowest BCUT2D eigenvalue weighted by Crippen LogP contribution is -2.31. The first-order chi connectivity index (χ1) is 12.3. The summed E-state index contributed by atoms with van der Waals surface area (Å²) in [6.07, 6.45) is 0.115. The van der Waals surface area contributed by atoms with Gasteiger partial charge in [-0.1, -0.05) is 29.3 Å². The number of nitrogens with one attached hydrogen (secondary N) is 2. The van der Waals surface area contributed by atoms with E-state index in [0.717, 1.165) is 0 Å². The van der Waals surface area contributed by atoms with Crippen LogP contribution < -0.4 is 15.4 Å². The van der Waals surface area contributed by atoms with Crippen molar-refractivity contribution >= 4 is 40.7 Å². The van der Waals surface area contributed by atoms with Gasteiger partial charge in [0, 0.05) is 16.1 Å². The summed E-state index contributed by atoms with van der Waals surface area (Å²) >= 11 is 11.9. The normalized spacial score (nSPS) is 10.5. The fourth-order valence-electron chi connectivity index (χ4n) is 2.19. The molecule has 0 spiro atoms. The van der Waals surface area contributed by atoms with Gasteiger partial charge >= 0.3 is 0 Å². The largest absolute Gasteiger partial charge is 0.493 e. The van der Waals surface area contributed by atoms with Gasteiger partial charge in [-0.3, -0.25) is 9.59 Å². The number of carbonyl (C=O) groups is 2. The van der Waals surface area contributed by atoms with Gasteiger partial charge < -0.3 is 15.4 Å². The highest BCUT2D eigenvalue weighted by molar-refractivity contribution is 6.31. The molecule has 2 aromatic rings. The summed E-state index contributed by atoms with van der Waals surface area (Å²) in [4.78, 5) is 24.4. The molecule has 5 nitrogen and oxygen atoms in total. The number of carbonyl (C=O) groups excluding carboxylic acids is 2. The van der Waals surface area contributed by atoms with Crippen LogP contribution in [-0.2, 0) is 4.79 Å². The zero-order chi connectivity index (χ0) is 19.1. The van der Waals surface area contributed by atoms with Crippen molar-refractivity contribution in [3.05, 3.63) is 58.1 Å². The molecule has 26 heavy (non-hydrogen) atoms. The van der Waals surface area contributed by atoms with E-state index in [1.165, 1.54) is 0 Å². The number of hydrogen-bond acceptors (Lipinski definition) is 3. The lowest BCUT2D eigenvalue weighted by atomic mass is 10.1. The molecule has 0 aliphatic carbocycles. The topological polar surface area (TPSA) is 67.4 Å². The smallest absolute Gasteiger partial charge is 0.253 e. The Kier molecular flexibility index (Phi) is 7.30. The second kappa shape index (κ2) is 9.46. The summed E-state index contributed by atoms with van der Waals surface area (Å²) in [5.41, 5.74) is 0.718. The van der Waals surface area contributed by atoms with Gasteiger partial charge in [0.15, 0.2) is 0 Å². The summed E-state index contributed by atoms with van der Waals surface area (Å²) in [7, 11) is 0. The first-order valence-corrected chi connectivity index (χ1v) is 8.89. The monoisotopic (exact) mass is 394 g/mol. The zero-order valence-corrected chi connectivity index (χ0v) is 16.0. The minimum absolute atomic E-state index is 0.0205. The summed E-state index contributed by atoms with van der Waals surface area (Å²) in [6, 6.07) is 11.7. The first-order valence-electron chi connectivity index (χ1n) is 8.14. The third-order valence-corrected chi connectivity index (χ3v) is 3.78. The second-order valence-corrected chi connectivity index (χ2v) is 6.79. The highest BCUT2D eigenvalue weighted by Gasteiger charge is 2.15. The van der Waals surface area contributed by atoms with E-state index in [0.29, 0.717) is 27.0 Å². The molecular weight excluding hydrogens is 375 g/mol. The third kappa shape index (κ3) is 6.24. The minimum atomic E-state index is -0.284. The van der Waals surface area contributed by atoms with Gasteiger partial charge in [0.1, 0.15) is 5.75 Å². The molecule has 0 unspecified atom stereocenters. The highest BCUT2D eigenvalue weighted by atomic mass is 35.5. The molecule has 0 fully saturated rings. The molecule has 0 saturated carbocycles. The first kappa shape index (κ1) is 20.1. The van der Waals surface area contributed by atoms with E-state index in [-0.39, 0.29) is 30.9 Å². The van der Waals surface area contributed by atoms with E-state index < -0.39 is 0 Å². The quantitative estimate of drug-likeness (QED) is 0.724. The Hall–Kier alpha value is -2.24. The molecule has 0 aliphatic rings. The fraction of sp³-hybridized carbons (Fsp3) is 0.263. The van der Waals surface area contributed by atoms with Crippen LogP contribution in [0.5, 0.6) is 5.75 Å². The molecule has 0 aliphatic heterocycles. The number of amides is 2. The Labute approximate surface area is 162 Å². The average molecular weight is 395 g/mol. The molecule has 138 valence electrons. The predicted molar refractivity (Wildman–Crippen MR) is 104 cm³/mol. The third-order valence-electron chi connectivity index (χ3n) is 3.31. The van der Waals surface area contributed by atoms with Crippen LogP contribution in [0, 0.1) is 0 Å². The van der Waals surface area contributed by atoms with Crippen LogP contribution in [0.15, 0.2) is 42.5 Å². The van der Waals surface area contributed by atoms with Crippen LogP contribution in [0.4, 0.5) is 5.69 Å². The average Bonchev–Trinajstić information content (AvgIpc) is 2.54. The standard InChI is InChI=1S/C19H20Cl2N2O3/c1-12(2)22-19(25)16-7-6-14(21)11-17(16)23-18(24)8-9-26-15-5-3-4-13(20)10-15/h3-7,10-12H,8-9H2,1-2H3,(H,22,25)(H,23,24). The summed E-state index contributed by atoms with van der Waals surface area (Å²) in [5, 5.41) is 6.49. The zero-order valence-electron chi connectivity index (χ0n) is 14.5. The van der Waals surface area contributed by atoms with Gasteiger partial charge in [0.25, 0.3) is 5.91 Å². The molecule has 2 N–H and O–H groups in total. The molecule has 2 aromatic carbocycles. The molecule has 0 aromatic heterocycles. The molecule has 0 radical (unpaired) electrons. The van der Waals surface area contributed by atoms with Crippen molar-refractivity contribution in [3.63, 3.8) is 0 Å². The molecular formula is C19H20Cl2N2O3. The van der Waals surface area contributed by atoms with E-state index in [1.54, 1.807) is 42.5 Å². The van der Waals surface area contributed by atoms with E-state index in [9.17, 15) is 9.59 Å². The van der Waals surface area contributed by atoms with Crippen LogP contribution >= 0.6 is 23.2 Å². The van der Waals surface area contributed by atoms with Crippen LogP contribution in [-0.4, -0.2) is 24.5 Å². The maximum Gasteiger partial charge on any atom is 0.253 e. The SMILES string of the molecule is CC(C)NC(=O)c1ccc(Cl)cc1NC(=O)CCOc1cccc(Cl)c1. The van der Waals surface area contributed by atoms with E-state index in [2.05, 4.69) is 10.6 Å². The molecule has 2 rings (SSSR count). The Bertz CT molecular complexity index is 794. The van der Waals surface area contributed by atoms with Gasteiger partial charge in [0.05, 0.1) is 24.3 Å². The van der Waals surface area contributed by atoms with Gasteiger partial charge in [-0.2, -0.15) is 0 Å². The maximum absolute atomic E-state index is 12.3. The van der Waals surface area contributed by atoms with Crippen molar-refractivity contribution < 1.29 is 14.3 Å². The number of benzene rings is 2. The summed E-state index contributed by atoms with van der Waals surface area (Å²) in [6.45, 7) is 3.90. The molecule has 0 saturated heterocycles. The van der Waals surface area contributed by atoms with E-state index >= 15 is 0 Å². The van der Waals surface area contributed by atoms with Crippen LogP contribution in [0.25, 0.3) is 0 Å². The van der Waals surface area contributed by atoms with Gasteiger partial charge in [-0.25, -0.2) is 0 Å². The molecule has 2 amide bonds. The van der Waals surface area contributed by atoms with Gasteiger partial charge in [-0.05, 0) is 50.2 Å². The number of halogens is 2. The van der Waals surface area contributed by atoms with Crippen molar-refractivity contribution in [3.8, 4) is 5.75 Å². The Morgan fingerprint density at radius 2 is 1.81 bits per heavy atom. The Morgan fingerprint density at radius 1 is 1.08 bits per heavy atom.